The largest absolute Gasteiger partial charge is 0.338 e. The molecule has 2 aromatic heterocycles. The molecule has 3 heterocycles. The Balaban J connectivity index is 1.53. The van der Waals surface area contributed by atoms with Crippen molar-refractivity contribution in [1.82, 2.24) is 29.4 Å². The van der Waals surface area contributed by atoms with Gasteiger partial charge in [0, 0.05) is 25.2 Å². The molecule has 2 aromatic rings. The summed E-state index contributed by atoms with van der Waals surface area (Å²) < 4.78 is 3.80. The average molecular weight is 316 g/mol. The van der Waals surface area contributed by atoms with Gasteiger partial charge in [0.15, 0.2) is 0 Å². The molecule has 1 aliphatic heterocycles. The van der Waals surface area contributed by atoms with Gasteiger partial charge in [-0.2, -0.15) is 10.2 Å². The summed E-state index contributed by atoms with van der Waals surface area (Å²) in [6, 6.07) is 2.35. The molecule has 1 saturated heterocycles. The molecule has 0 bridgehead atoms. The van der Waals surface area contributed by atoms with Gasteiger partial charge in [-0.25, -0.2) is 4.98 Å². The van der Waals surface area contributed by atoms with E-state index in [0.717, 1.165) is 50.3 Å². The lowest BCUT2D eigenvalue weighted by molar-refractivity contribution is -0.132. The molecule has 3 rings (SSSR count). The first-order valence-electron chi connectivity index (χ1n) is 8.26. The van der Waals surface area contributed by atoms with E-state index in [9.17, 15) is 4.79 Å². The highest BCUT2D eigenvalue weighted by atomic mass is 16.2. The summed E-state index contributed by atoms with van der Waals surface area (Å²) >= 11 is 0. The monoisotopic (exact) mass is 316 g/mol. The molecule has 0 N–H and O–H groups in total. The van der Waals surface area contributed by atoms with Crippen molar-refractivity contribution in [2.45, 2.75) is 58.7 Å². The van der Waals surface area contributed by atoms with E-state index < -0.39 is 0 Å². The minimum absolute atomic E-state index is 0.245. The van der Waals surface area contributed by atoms with E-state index in [1.165, 1.54) is 6.33 Å². The predicted molar refractivity (Wildman–Crippen MR) is 85.7 cm³/mol. The number of aryl methyl sites for hydroxylation is 3. The minimum Gasteiger partial charge on any atom is -0.338 e. The third-order valence-corrected chi connectivity index (χ3v) is 4.43. The Bertz CT molecular complexity index is 648. The Morgan fingerprint density at radius 1 is 1.39 bits per heavy atom. The van der Waals surface area contributed by atoms with Crippen LogP contribution >= 0.6 is 0 Å². The van der Waals surface area contributed by atoms with Crippen LogP contribution in [0.15, 0.2) is 18.7 Å². The molecule has 23 heavy (non-hydrogen) atoms. The lowest BCUT2D eigenvalue weighted by Gasteiger charge is -2.25. The maximum absolute atomic E-state index is 12.5. The molecule has 1 aliphatic rings. The zero-order chi connectivity index (χ0) is 16.2. The van der Waals surface area contributed by atoms with Crippen LogP contribution in [0.2, 0.25) is 0 Å². The Labute approximate surface area is 136 Å². The summed E-state index contributed by atoms with van der Waals surface area (Å²) in [7, 11) is 0. The van der Waals surface area contributed by atoms with Crippen LogP contribution in [0.25, 0.3) is 0 Å². The number of carbonyl (C=O) groups is 1. The van der Waals surface area contributed by atoms with Crippen molar-refractivity contribution in [3.05, 3.63) is 30.1 Å². The first kappa shape index (κ1) is 15.7. The van der Waals surface area contributed by atoms with Crippen LogP contribution in [-0.2, 0) is 17.9 Å². The van der Waals surface area contributed by atoms with Crippen LogP contribution < -0.4 is 0 Å². The summed E-state index contributed by atoms with van der Waals surface area (Å²) in [5, 5.41) is 8.59. The third kappa shape index (κ3) is 3.78. The fourth-order valence-corrected chi connectivity index (χ4v) is 3.30. The standard InChI is InChI=1S/C16H24N6O/c1-13-9-14(2)22(19-13)10-15-5-3-8-21(15)16(23)6-4-7-20-12-17-11-18-20/h9,11-12,15H,3-8,10H2,1-2H3/t15-/m0/s1. The van der Waals surface area contributed by atoms with E-state index in [1.807, 2.05) is 16.5 Å². The van der Waals surface area contributed by atoms with Crippen molar-refractivity contribution < 1.29 is 4.79 Å². The van der Waals surface area contributed by atoms with Crippen molar-refractivity contribution >= 4 is 5.91 Å². The lowest BCUT2D eigenvalue weighted by Crippen LogP contribution is -2.38. The lowest BCUT2D eigenvalue weighted by atomic mass is 10.2. The maximum atomic E-state index is 12.5. The zero-order valence-corrected chi connectivity index (χ0v) is 13.9. The molecule has 1 fully saturated rings. The van der Waals surface area contributed by atoms with Gasteiger partial charge in [0.25, 0.3) is 0 Å². The van der Waals surface area contributed by atoms with Gasteiger partial charge in [-0.15, -0.1) is 0 Å². The second-order valence-electron chi connectivity index (χ2n) is 6.25. The molecule has 0 aliphatic carbocycles. The fourth-order valence-electron chi connectivity index (χ4n) is 3.30. The van der Waals surface area contributed by atoms with Crippen molar-refractivity contribution in [2.75, 3.05) is 6.54 Å². The Morgan fingerprint density at radius 2 is 2.26 bits per heavy atom. The molecule has 0 saturated carbocycles. The smallest absolute Gasteiger partial charge is 0.222 e. The molecular weight excluding hydrogens is 292 g/mol. The van der Waals surface area contributed by atoms with Crippen LogP contribution in [0.5, 0.6) is 0 Å². The predicted octanol–water partition coefficient (Wildman–Crippen LogP) is 1.56. The highest BCUT2D eigenvalue weighted by Gasteiger charge is 2.29. The molecule has 0 aromatic carbocycles. The van der Waals surface area contributed by atoms with Crippen LogP contribution in [0, 0.1) is 13.8 Å². The van der Waals surface area contributed by atoms with Crippen LogP contribution in [0.3, 0.4) is 0 Å². The van der Waals surface area contributed by atoms with Crippen molar-refractivity contribution in [1.29, 1.82) is 0 Å². The summed E-state index contributed by atoms with van der Waals surface area (Å²) in [5.41, 5.74) is 2.19. The molecule has 1 atom stereocenters. The van der Waals surface area contributed by atoms with Crippen LogP contribution in [0.4, 0.5) is 0 Å². The van der Waals surface area contributed by atoms with Gasteiger partial charge < -0.3 is 4.90 Å². The first-order chi connectivity index (χ1) is 11.1. The fraction of sp³-hybridized carbons (Fsp3) is 0.625. The number of nitrogens with zero attached hydrogens (tertiary/aromatic N) is 6. The van der Waals surface area contributed by atoms with E-state index in [0.29, 0.717) is 6.42 Å². The topological polar surface area (TPSA) is 68.8 Å². The van der Waals surface area contributed by atoms with Gasteiger partial charge in [0.05, 0.1) is 18.3 Å². The number of aromatic nitrogens is 5. The van der Waals surface area contributed by atoms with Crippen LogP contribution in [0.1, 0.15) is 37.1 Å². The molecule has 0 unspecified atom stereocenters. The molecule has 7 heteroatoms. The Kier molecular flexibility index (Phi) is 4.73. The van der Waals surface area contributed by atoms with E-state index in [2.05, 4.69) is 28.2 Å². The van der Waals surface area contributed by atoms with Gasteiger partial charge in [-0.1, -0.05) is 0 Å². The van der Waals surface area contributed by atoms with Gasteiger partial charge in [0.2, 0.25) is 5.91 Å². The summed E-state index contributed by atoms with van der Waals surface area (Å²) in [5.74, 6) is 0.245. The number of hydrogen-bond donors (Lipinski definition) is 0. The quantitative estimate of drug-likeness (QED) is 0.811. The average Bonchev–Trinajstić information content (AvgIpc) is 3.22. The highest BCUT2D eigenvalue weighted by molar-refractivity contribution is 5.76. The van der Waals surface area contributed by atoms with E-state index in [-0.39, 0.29) is 11.9 Å². The Morgan fingerprint density at radius 3 is 2.96 bits per heavy atom. The number of likely N-dealkylation sites (tertiary alicyclic amines) is 1. The summed E-state index contributed by atoms with van der Waals surface area (Å²) in [4.78, 5) is 18.5. The minimum atomic E-state index is 0.245. The number of rotatable bonds is 6. The molecule has 124 valence electrons. The van der Waals surface area contributed by atoms with E-state index in [4.69, 9.17) is 0 Å². The highest BCUT2D eigenvalue weighted by Crippen LogP contribution is 2.21. The molecule has 1 amide bonds. The third-order valence-electron chi connectivity index (χ3n) is 4.43. The summed E-state index contributed by atoms with van der Waals surface area (Å²) in [6.07, 6.45) is 6.71. The molecule has 0 radical (unpaired) electrons. The van der Waals surface area contributed by atoms with Gasteiger partial charge in [-0.3, -0.25) is 14.2 Å². The second-order valence-corrected chi connectivity index (χ2v) is 6.25. The van der Waals surface area contributed by atoms with Gasteiger partial charge in [0.1, 0.15) is 12.7 Å². The van der Waals surface area contributed by atoms with Crippen molar-refractivity contribution in [2.24, 2.45) is 0 Å². The molecule has 0 spiro atoms. The maximum Gasteiger partial charge on any atom is 0.222 e. The van der Waals surface area contributed by atoms with Crippen molar-refractivity contribution in [3.8, 4) is 0 Å². The summed E-state index contributed by atoms with van der Waals surface area (Å²) in [6.45, 7) is 6.48. The Hall–Kier alpha value is -2.18. The normalized spacial score (nSPS) is 17.8. The van der Waals surface area contributed by atoms with Gasteiger partial charge in [-0.05, 0) is 39.2 Å². The molecule has 7 nitrogen and oxygen atoms in total. The zero-order valence-electron chi connectivity index (χ0n) is 13.9. The molecular formula is C16H24N6O. The van der Waals surface area contributed by atoms with Crippen molar-refractivity contribution in [3.63, 3.8) is 0 Å². The van der Waals surface area contributed by atoms with E-state index in [1.54, 1.807) is 11.0 Å². The number of hydrogen-bond acceptors (Lipinski definition) is 4. The number of amides is 1. The SMILES string of the molecule is Cc1cc(C)n(C[C@@H]2CCCN2C(=O)CCCn2cncn2)n1. The first-order valence-corrected chi connectivity index (χ1v) is 8.26. The second kappa shape index (κ2) is 6.93. The van der Waals surface area contributed by atoms with Crippen LogP contribution in [-0.4, -0.2) is 47.9 Å². The van der Waals surface area contributed by atoms with E-state index >= 15 is 0 Å². The van der Waals surface area contributed by atoms with Gasteiger partial charge >= 0.3 is 0 Å². The number of carbonyl (C=O) groups excluding carboxylic acids is 1.